The van der Waals surface area contributed by atoms with Gasteiger partial charge in [0.25, 0.3) is 0 Å². The Bertz CT molecular complexity index is 1400. The smallest absolute Gasteiger partial charge is 0.351 e. The highest BCUT2D eigenvalue weighted by Crippen LogP contribution is 2.43. The first-order valence-electron chi connectivity index (χ1n) is 13.1. The highest BCUT2D eigenvalue weighted by molar-refractivity contribution is 5.48. The summed E-state index contributed by atoms with van der Waals surface area (Å²) in [6.07, 6.45) is -0.834. The summed E-state index contributed by atoms with van der Waals surface area (Å²) in [6, 6.07) is 31.4. The fraction of sp³-hybridized carbons (Fsp3) is 0.290. The topological polar surface area (TPSA) is 93.1 Å². The van der Waals surface area contributed by atoms with Crippen LogP contribution < -0.4 is 11.2 Å². The predicted octanol–water partition coefficient (Wildman–Crippen LogP) is 4.60. The van der Waals surface area contributed by atoms with Crippen molar-refractivity contribution in [3.63, 3.8) is 0 Å². The molecule has 2 fully saturated rings. The molecule has 0 radical (unpaired) electrons. The summed E-state index contributed by atoms with van der Waals surface area (Å²) < 4.78 is 24.8. The zero-order chi connectivity index (χ0) is 27.7. The molecule has 9 nitrogen and oxygen atoms in total. The third-order valence-electron chi connectivity index (χ3n) is 7.17. The molecule has 0 bridgehead atoms. The number of anilines is 1. The lowest BCUT2D eigenvalue weighted by molar-refractivity contribution is -0.238. The lowest BCUT2D eigenvalue weighted by atomic mass is 9.80. The highest BCUT2D eigenvalue weighted by Gasteiger charge is 2.56. The monoisotopic (exact) mass is 541 g/mol. The minimum Gasteiger partial charge on any atom is -0.353 e. The second-order valence-electron chi connectivity index (χ2n) is 10.2. The Labute approximate surface area is 232 Å². The van der Waals surface area contributed by atoms with Gasteiger partial charge in [0.2, 0.25) is 0 Å². The molecule has 40 heavy (non-hydrogen) atoms. The minimum atomic E-state index is -1.03. The Morgan fingerprint density at radius 1 is 0.825 bits per heavy atom. The maximum absolute atomic E-state index is 13.2. The summed E-state index contributed by atoms with van der Waals surface area (Å²) >= 11 is 0. The fourth-order valence-electron chi connectivity index (χ4n) is 5.44. The maximum Gasteiger partial charge on any atom is 0.351 e. The van der Waals surface area contributed by atoms with Crippen LogP contribution in [0.25, 0.3) is 0 Å². The molecule has 1 N–H and O–H groups in total. The summed E-state index contributed by atoms with van der Waals surface area (Å²) in [5, 5.41) is 0. The number of fused-ring (bicyclic) bond motifs is 1. The van der Waals surface area contributed by atoms with E-state index in [-0.39, 0.29) is 5.82 Å². The van der Waals surface area contributed by atoms with Gasteiger partial charge in [0.1, 0.15) is 12.2 Å². The first-order valence-corrected chi connectivity index (χ1v) is 13.1. The summed E-state index contributed by atoms with van der Waals surface area (Å²) in [5.74, 6) is -0.578. The number of benzene rings is 3. The number of ether oxygens (including phenoxy) is 4. The number of nitrogens with zero attached hydrogens (tertiary/aromatic N) is 2. The van der Waals surface area contributed by atoms with Gasteiger partial charge in [0.15, 0.2) is 29.7 Å². The van der Waals surface area contributed by atoms with Gasteiger partial charge in [-0.1, -0.05) is 91.0 Å². The van der Waals surface area contributed by atoms with Gasteiger partial charge < -0.3 is 18.9 Å². The van der Waals surface area contributed by atoms with Crippen LogP contribution in [-0.2, 0) is 29.4 Å². The number of hydrogen-bond acceptors (Lipinski definition) is 8. The maximum atomic E-state index is 13.2. The van der Waals surface area contributed by atoms with Crippen LogP contribution in [0, 0.1) is 0 Å². The molecule has 1 aromatic heterocycles. The van der Waals surface area contributed by atoms with E-state index in [2.05, 4.69) is 10.5 Å². The standard InChI is InChI=1S/C31H31N3O6/c1-30(2)38-25-26(39-30)28(36-3)37-27(25)34-20-19-24(32-29(34)35)33-40-31(21-13-7-4-8-14-21,22-15-9-5-10-16-22)23-17-11-6-12-18-23/h4-20,25-28H,1-3H3,(H,32,33,35). The number of methoxy groups -OCH3 is 1. The number of hydrogen-bond donors (Lipinski definition) is 1. The van der Waals surface area contributed by atoms with Gasteiger partial charge >= 0.3 is 5.69 Å². The average Bonchev–Trinajstić information content (AvgIpc) is 3.48. The molecule has 6 rings (SSSR count). The van der Waals surface area contributed by atoms with Crippen molar-refractivity contribution in [3.05, 3.63) is 130 Å². The highest BCUT2D eigenvalue weighted by atomic mass is 16.8. The van der Waals surface area contributed by atoms with Gasteiger partial charge in [-0.05, 0) is 36.6 Å². The van der Waals surface area contributed by atoms with Crippen molar-refractivity contribution < 1.29 is 23.8 Å². The van der Waals surface area contributed by atoms with Crippen molar-refractivity contribution in [2.45, 2.75) is 50.0 Å². The third-order valence-corrected chi connectivity index (χ3v) is 7.17. The Morgan fingerprint density at radius 3 is 1.85 bits per heavy atom. The van der Waals surface area contributed by atoms with Gasteiger partial charge in [-0.25, -0.2) is 10.3 Å². The minimum absolute atomic E-state index is 0.246. The molecule has 4 aromatic rings. The molecule has 0 spiro atoms. The largest absolute Gasteiger partial charge is 0.353 e. The average molecular weight is 542 g/mol. The van der Waals surface area contributed by atoms with E-state index >= 15 is 0 Å². The molecule has 2 aliphatic rings. The summed E-state index contributed by atoms with van der Waals surface area (Å²) in [5.41, 5.74) is 4.13. The number of rotatable bonds is 8. The van der Waals surface area contributed by atoms with E-state index in [0.29, 0.717) is 0 Å². The third kappa shape index (κ3) is 4.72. The predicted molar refractivity (Wildman–Crippen MR) is 147 cm³/mol. The van der Waals surface area contributed by atoms with E-state index in [0.717, 1.165) is 16.7 Å². The molecular formula is C31H31N3O6. The van der Waals surface area contributed by atoms with Crippen molar-refractivity contribution in [1.29, 1.82) is 0 Å². The van der Waals surface area contributed by atoms with Crippen LogP contribution in [0.5, 0.6) is 0 Å². The van der Waals surface area contributed by atoms with Gasteiger partial charge in [-0.3, -0.25) is 9.40 Å². The van der Waals surface area contributed by atoms with E-state index < -0.39 is 41.8 Å². The molecule has 0 aliphatic carbocycles. The van der Waals surface area contributed by atoms with Crippen molar-refractivity contribution in [2.24, 2.45) is 0 Å². The lowest BCUT2D eigenvalue weighted by Gasteiger charge is -2.35. The number of nitrogens with one attached hydrogen (secondary N) is 1. The van der Waals surface area contributed by atoms with E-state index in [1.807, 2.05) is 105 Å². The number of aromatic nitrogens is 2. The van der Waals surface area contributed by atoms with Gasteiger partial charge in [-0.15, -0.1) is 0 Å². The van der Waals surface area contributed by atoms with Gasteiger partial charge in [0, 0.05) is 13.3 Å². The molecule has 0 saturated carbocycles. The summed E-state index contributed by atoms with van der Waals surface area (Å²) in [7, 11) is 1.53. The zero-order valence-corrected chi connectivity index (χ0v) is 22.5. The molecule has 206 valence electrons. The van der Waals surface area contributed by atoms with Crippen molar-refractivity contribution >= 4 is 5.82 Å². The summed E-state index contributed by atoms with van der Waals surface area (Å²) in [4.78, 5) is 24.1. The molecule has 0 amide bonds. The second kappa shape index (κ2) is 10.6. The van der Waals surface area contributed by atoms with Crippen molar-refractivity contribution in [3.8, 4) is 0 Å². The van der Waals surface area contributed by atoms with Crippen LogP contribution in [0.2, 0.25) is 0 Å². The van der Waals surface area contributed by atoms with Crippen LogP contribution in [0.1, 0.15) is 36.8 Å². The summed E-state index contributed by atoms with van der Waals surface area (Å²) in [6.45, 7) is 3.64. The van der Waals surface area contributed by atoms with Crippen molar-refractivity contribution in [2.75, 3.05) is 12.6 Å². The quantitative estimate of drug-likeness (QED) is 0.256. The van der Waals surface area contributed by atoms with E-state index in [1.54, 1.807) is 12.3 Å². The Morgan fingerprint density at radius 2 is 1.35 bits per heavy atom. The van der Waals surface area contributed by atoms with E-state index in [9.17, 15) is 4.79 Å². The van der Waals surface area contributed by atoms with Crippen LogP contribution >= 0.6 is 0 Å². The molecule has 2 aliphatic heterocycles. The Hall–Kier alpha value is -3.86. The molecule has 2 saturated heterocycles. The molecular weight excluding hydrogens is 510 g/mol. The Balaban J connectivity index is 1.33. The first kappa shape index (κ1) is 26.4. The van der Waals surface area contributed by atoms with E-state index in [1.165, 1.54) is 11.7 Å². The van der Waals surface area contributed by atoms with Gasteiger partial charge in [-0.2, -0.15) is 4.98 Å². The molecule has 4 atom stereocenters. The molecule has 3 aromatic carbocycles. The SMILES string of the molecule is COC1OC(n2ccc(NOC(c3ccccc3)(c3ccccc3)c3ccccc3)nc2=O)C2OC(C)(C)OC12. The molecule has 3 heterocycles. The van der Waals surface area contributed by atoms with Crippen LogP contribution in [0.4, 0.5) is 5.82 Å². The van der Waals surface area contributed by atoms with Gasteiger partial charge in [0.05, 0.1) is 0 Å². The normalized spacial score (nSPS) is 23.6. The first-order chi connectivity index (χ1) is 19.4. The molecule has 4 unspecified atom stereocenters. The van der Waals surface area contributed by atoms with Crippen LogP contribution in [-0.4, -0.2) is 40.9 Å². The zero-order valence-electron chi connectivity index (χ0n) is 22.5. The van der Waals surface area contributed by atoms with Crippen LogP contribution in [0.15, 0.2) is 108 Å². The van der Waals surface area contributed by atoms with Crippen molar-refractivity contribution in [1.82, 2.24) is 9.55 Å². The second-order valence-corrected chi connectivity index (χ2v) is 10.2. The lowest BCUT2D eigenvalue weighted by Crippen LogP contribution is -2.37. The Kier molecular flexibility index (Phi) is 6.99. The molecule has 9 heteroatoms. The van der Waals surface area contributed by atoms with Crippen LogP contribution in [0.3, 0.4) is 0 Å². The van der Waals surface area contributed by atoms with E-state index in [4.69, 9.17) is 23.8 Å². The fourth-order valence-corrected chi connectivity index (χ4v) is 5.44.